The van der Waals surface area contributed by atoms with E-state index in [2.05, 4.69) is 4.99 Å². The Hall–Kier alpha value is -3.89. The van der Waals surface area contributed by atoms with Crippen LogP contribution in [-0.2, 0) is 9.53 Å². The van der Waals surface area contributed by atoms with Crippen molar-refractivity contribution in [1.82, 2.24) is 9.13 Å². The van der Waals surface area contributed by atoms with Crippen LogP contribution >= 0.6 is 22.9 Å². The van der Waals surface area contributed by atoms with E-state index in [1.165, 1.54) is 31.2 Å². The van der Waals surface area contributed by atoms with E-state index < -0.39 is 35.0 Å². The molecule has 2 aromatic heterocycles. The number of aromatic nitrogens is 2. The van der Waals surface area contributed by atoms with Crippen LogP contribution in [0.5, 0.6) is 0 Å². The molecule has 6 nitrogen and oxygen atoms in total. The number of aryl methyl sites for hydroxylation is 2. The van der Waals surface area contributed by atoms with Gasteiger partial charge in [0.25, 0.3) is 5.56 Å². The summed E-state index contributed by atoms with van der Waals surface area (Å²) in [4.78, 5) is 30.5. The second-order valence-electron chi connectivity index (χ2n) is 9.61. The van der Waals surface area contributed by atoms with Crippen LogP contribution in [0.3, 0.4) is 0 Å². The van der Waals surface area contributed by atoms with Gasteiger partial charge >= 0.3 is 12.1 Å². The summed E-state index contributed by atoms with van der Waals surface area (Å²) < 4.78 is 51.3. The molecule has 11 heteroatoms. The molecule has 41 heavy (non-hydrogen) atoms. The molecule has 0 fully saturated rings. The number of benzene rings is 2. The largest absolute Gasteiger partial charge is 0.463 e. The standard InChI is InChI=1S/C30H25ClF3N3O3S/c1-5-40-28(39)24-25(19-8-10-21(31)11-9-19)37-27(38)23(41-29(37)35-26(24)30(32,33)34)15-20-14-17(3)36(18(20)4)22-12-6-16(2)7-13-22/h6-15,25H,5H2,1-4H3/b23-15-/t25-/m1/s1. The molecular formula is C30H25ClF3N3O3S. The number of carbonyl (C=O) groups excluding carboxylic acids is 1. The van der Waals surface area contributed by atoms with Crippen molar-refractivity contribution in [3.8, 4) is 5.69 Å². The Morgan fingerprint density at radius 3 is 2.37 bits per heavy atom. The first-order valence-electron chi connectivity index (χ1n) is 12.7. The molecule has 4 aromatic rings. The summed E-state index contributed by atoms with van der Waals surface area (Å²) in [5, 5.41) is 0.350. The first kappa shape index (κ1) is 28.6. The van der Waals surface area contributed by atoms with E-state index in [0.717, 1.165) is 44.1 Å². The summed E-state index contributed by atoms with van der Waals surface area (Å²) >= 11 is 6.87. The maximum absolute atomic E-state index is 14.3. The van der Waals surface area contributed by atoms with Crippen LogP contribution in [0.2, 0.25) is 5.02 Å². The molecule has 0 radical (unpaired) electrons. The van der Waals surface area contributed by atoms with Crippen molar-refractivity contribution >= 4 is 35.0 Å². The highest BCUT2D eigenvalue weighted by Gasteiger charge is 2.45. The zero-order valence-electron chi connectivity index (χ0n) is 22.5. The fraction of sp³-hybridized carbons (Fsp3) is 0.233. The number of hydrogen-bond acceptors (Lipinski definition) is 5. The lowest BCUT2D eigenvalue weighted by Gasteiger charge is -2.26. The maximum Gasteiger partial charge on any atom is 0.434 e. The average molecular weight is 600 g/mol. The van der Waals surface area contributed by atoms with Gasteiger partial charge in [-0.3, -0.25) is 9.36 Å². The topological polar surface area (TPSA) is 65.6 Å². The number of rotatable bonds is 5. The smallest absolute Gasteiger partial charge is 0.434 e. The highest BCUT2D eigenvalue weighted by Crippen LogP contribution is 2.38. The summed E-state index contributed by atoms with van der Waals surface area (Å²) in [7, 11) is 0. The fourth-order valence-electron chi connectivity index (χ4n) is 4.97. The van der Waals surface area contributed by atoms with Crippen molar-refractivity contribution in [3.63, 3.8) is 0 Å². The molecule has 212 valence electrons. The van der Waals surface area contributed by atoms with E-state index in [0.29, 0.717) is 5.02 Å². The zero-order valence-corrected chi connectivity index (χ0v) is 24.1. The highest BCUT2D eigenvalue weighted by molar-refractivity contribution is 7.07. The molecule has 0 aliphatic carbocycles. The Balaban J connectivity index is 1.75. The molecule has 0 amide bonds. The van der Waals surface area contributed by atoms with Crippen molar-refractivity contribution < 1.29 is 22.7 Å². The molecule has 0 unspecified atom stereocenters. The Labute approximate surface area is 242 Å². The number of fused-ring (bicyclic) bond motifs is 1. The van der Waals surface area contributed by atoms with Gasteiger partial charge < -0.3 is 9.30 Å². The van der Waals surface area contributed by atoms with Gasteiger partial charge in [0, 0.05) is 22.1 Å². The van der Waals surface area contributed by atoms with Gasteiger partial charge in [-0.25, -0.2) is 9.79 Å². The Bertz CT molecular complexity index is 1870. The van der Waals surface area contributed by atoms with E-state index in [1.54, 1.807) is 6.08 Å². The number of allylic oxidation sites excluding steroid dienone is 1. The number of halogens is 4. The van der Waals surface area contributed by atoms with Crippen LogP contribution in [-0.4, -0.2) is 27.9 Å². The summed E-state index contributed by atoms with van der Waals surface area (Å²) in [6.07, 6.45) is -3.32. The van der Waals surface area contributed by atoms with Crippen LogP contribution in [0.15, 0.2) is 75.7 Å². The lowest BCUT2D eigenvalue weighted by molar-refractivity contribution is -0.140. The fourth-order valence-corrected chi connectivity index (χ4v) is 6.08. The van der Waals surface area contributed by atoms with Gasteiger partial charge in [-0.15, -0.1) is 0 Å². The van der Waals surface area contributed by atoms with Crippen LogP contribution in [0.1, 0.15) is 41.0 Å². The number of carbonyl (C=O) groups is 1. The number of hydrogen-bond donors (Lipinski definition) is 0. The van der Waals surface area contributed by atoms with Gasteiger partial charge in [0.1, 0.15) is 0 Å². The summed E-state index contributed by atoms with van der Waals surface area (Å²) in [6, 6.07) is 14.4. The zero-order chi connectivity index (χ0) is 29.6. The third-order valence-corrected chi connectivity index (χ3v) is 8.06. The molecule has 0 saturated carbocycles. The van der Waals surface area contributed by atoms with Crippen molar-refractivity contribution in [2.75, 3.05) is 6.61 Å². The van der Waals surface area contributed by atoms with E-state index in [-0.39, 0.29) is 21.5 Å². The quantitative estimate of drug-likeness (QED) is 0.276. The summed E-state index contributed by atoms with van der Waals surface area (Å²) in [5.74, 6) is -1.19. The van der Waals surface area contributed by atoms with Gasteiger partial charge in [-0.1, -0.05) is 52.8 Å². The summed E-state index contributed by atoms with van der Waals surface area (Å²) in [6.45, 7) is 7.19. The van der Waals surface area contributed by atoms with Crippen molar-refractivity contribution in [2.24, 2.45) is 4.99 Å². The minimum absolute atomic E-state index is 0.151. The Morgan fingerprint density at radius 1 is 1.10 bits per heavy atom. The average Bonchev–Trinajstić information content (AvgIpc) is 3.38. The molecule has 5 rings (SSSR count). The molecule has 1 aliphatic heterocycles. The minimum Gasteiger partial charge on any atom is -0.463 e. The monoisotopic (exact) mass is 599 g/mol. The molecule has 0 bridgehead atoms. The third-order valence-electron chi connectivity index (χ3n) is 6.83. The Morgan fingerprint density at radius 2 is 1.76 bits per heavy atom. The SMILES string of the molecule is CCOC(=O)C1=C(C(F)(F)F)N=c2s/c(=C\c3cc(C)n(-c4ccc(C)cc4)c3C)c(=O)n2[C@@H]1c1ccc(Cl)cc1. The normalized spacial score (nSPS) is 15.6. The highest BCUT2D eigenvalue weighted by atomic mass is 35.5. The molecule has 3 heterocycles. The summed E-state index contributed by atoms with van der Waals surface area (Å²) in [5.41, 5.74) is 2.13. The van der Waals surface area contributed by atoms with E-state index in [1.807, 2.05) is 55.7 Å². The predicted octanol–water partition coefficient (Wildman–Crippen LogP) is 5.71. The van der Waals surface area contributed by atoms with Gasteiger partial charge in [0.2, 0.25) is 0 Å². The number of esters is 1. The van der Waals surface area contributed by atoms with Crippen LogP contribution in [0.4, 0.5) is 13.2 Å². The second kappa shape index (κ2) is 10.8. The maximum atomic E-state index is 14.3. The second-order valence-corrected chi connectivity index (χ2v) is 11.1. The van der Waals surface area contributed by atoms with Gasteiger partial charge in [-0.2, -0.15) is 13.2 Å². The lowest BCUT2D eigenvalue weighted by atomic mass is 9.95. The molecular weight excluding hydrogens is 575 g/mol. The van der Waals surface area contributed by atoms with Crippen molar-refractivity contribution in [2.45, 2.75) is 39.9 Å². The first-order valence-corrected chi connectivity index (χ1v) is 13.9. The van der Waals surface area contributed by atoms with Gasteiger partial charge in [0.05, 0.1) is 22.8 Å². The van der Waals surface area contributed by atoms with Crippen molar-refractivity contribution in [1.29, 1.82) is 0 Å². The predicted molar refractivity (Wildman–Crippen MR) is 152 cm³/mol. The van der Waals surface area contributed by atoms with E-state index in [9.17, 15) is 22.8 Å². The molecule has 1 atom stereocenters. The molecule has 1 aliphatic rings. The first-order chi connectivity index (χ1) is 19.4. The van der Waals surface area contributed by atoms with Crippen LogP contribution < -0.4 is 14.9 Å². The molecule has 2 aromatic carbocycles. The number of alkyl halides is 3. The van der Waals surface area contributed by atoms with E-state index >= 15 is 0 Å². The van der Waals surface area contributed by atoms with Gasteiger partial charge in [0.15, 0.2) is 10.5 Å². The van der Waals surface area contributed by atoms with Crippen molar-refractivity contribution in [3.05, 3.63) is 119 Å². The number of ether oxygens (including phenoxy) is 1. The minimum atomic E-state index is -4.97. The molecule has 0 spiro atoms. The number of thiazole rings is 1. The van der Waals surface area contributed by atoms with E-state index in [4.69, 9.17) is 16.3 Å². The number of nitrogens with zero attached hydrogens (tertiary/aromatic N) is 3. The third kappa shape index (κ3) is 5.29. The lowest BCUT2D eigenvalue weighted by Crippen LogP contribution is -2.41. The molecule has 0 N–H and O–H groups in total. The van der Waals surface area contributed by atoms with Crippen LogP contribution in [0, 0.1) is 20.8 Å². The van der Waals surface area contributed by atoms with Gasteiger partial charge in [-0.05, 0) is 75.2 Å². The Kier molecular flexibility index (Phi) is 7.56. The van der Waals surface area contributed by atoms with Crippen LogP contribution in [0.25, 0.3) is 11.8 Å². The molecule has 0 saturated heterocycles.